The van der Waals surface area contributed by atoms with E-state index in [1.54, 1.807) is 31.0 Å². The second kappa shape index (κ2) is 19.1. The second-order valence-electron chi connectivity index (χ2n) is 8.98. The molecule has 0 N–H and O–H groups in total. The summed E-state index contributed by atoms with van der Waals surface area (Å²) in [6, 6.07) is 4.11. The van der Waals surface area contributed by atoms with Crippen LogP contribution in [0.2, 0.25) is 0 Å². The van der Waals surface area contributed by atoms with Crippen LogP contribution < -0.4 is 37.2 Å². The average molecular weight is 823 g/mol. The van der Waals surface area contributed by atoms with Gasteiger partial charge in [-0.2, -0.15) is 0 Å². The number of imidazole rings is 5. The van der Waals surface area contributed by atoms with Crippen LogP contribution >= 0.6 is 0 Å². The van der Waals surface area contributed by atoms with E-state index in [4.69, 9.17) is 0 Å². The third-order valence-corrected chi connectivity index (χ3v) is 5.83. The molecule has 6 aromatic rings. The monoisotopic (exact) mass is 823 g/mol. The minimum Gasteiger partial charge on any atom is -1.00 e. The average Bonchev–Trinajstić information content (AvgIpc) is 3.69. The van der Waals surface area contributed by atoms with Crippen molar-refractivity contribution in [1.29, 1.82) is 0 Å². The molecule has 11 nitrogen and oxygen atoms in total. The molecule has 0 atom stereocenters. The van der Waals surface area contributed by atoms with Gasteiger partial charge in [-0.1, -0.05) is 0 Å². The molecular weight excluding hydrogens is 787 g/mol. The zero-order chi connectivity index (χ0) is 27.2. The van der Waals surface area contributed by atoms with Crippen molar-refractivity contribution in [2.75, 3.05) is 0 Å². The fraction of sp³-hybridized carbons (Fsp3) is 0.250. The summed E-state index contributed by atoms with van der Waals surface area (Å²) in [4.78, 5) is 25.5. The Morgan fingerprint density at radius 2 is 0.744 bits per heavy atom. The summed E-state index contributed by atoms with van der Waals surface area (Å²) in [6.07, 6.45) is 18.4. The molecule has 0 saturated carbocycles. The van der Waals surface area contributed by atoms with Gasteiger partial charge in [0, 0.05) is 103 Å². The van der Waals surface area contributed by atoms with Crippen molar-refractivity contribution in [2.45, 2.75) is 13.8 Å². The molecule has 6 aromatic heterocycles. The van der Waals surface area contributed by atoms with E-state index < -0.39 is 0 Å². The molecule has 0 unspecified atom stereocenters. The predicted octanol–water partition coefficient (Wildman–Crippen LogP) is -4.80. The number of aromatic nitrogens is 11. The van der Waals surface area contributed by atoms with Crippen LogP contribution in [0.25, 0.3) is 34.8 Å². The summed E-state index contributed by atoms with van der Waals surface area (Å²) in [5.74, 6) is 4.48. The van der Waals surface area contributed by atoms with Gasteiger partial charge in [-0.15, -0.1) is 0 Å². The van der Waals surface area contributed by atoms with Gasteiger partial charge in [0.25, 0.3) is 0 Å². The van der Waals surface area contributed by atoms with E-state index in [1.165, 1.54) is 5.56 Å². The van der Waals surface area contributed by atoms with Crippen LogP contribution in [0.15, 0.2) is 74.1 Å². The molecule has 15 heteroatoms. The SMILES string of the molecule is Cc1cc(C)nc(-c2nccn2C)c1.Cn1ccnc1-c1nccn1C.Cn1ccnc1-c1nccn1C.[CH3-].[Cl-].[Cl-].[Cl-].[Os+]. The predicted molar refractivity (Wildman–Crippen MR) is 153 cm³/mol. The summed E-state index contributed by atoms with van der Waals surface area (Å²) in [5.41, 5.74) is 3.19. The molecule has 0 aliphatic heterocycles. The Balaban J connectivity index is 0. The zero-order valence-electron chi connectivity index (χ0n) is 25.3. The van der Waals surface area contributed by atoms with E-state index in [-0.39, 0.29) is 64.4 Å². The van der Waals surface area contributed by atoms with Crippen molar-refractivity contribution >= 4 is 0 Å². The van der Waals surface area contributed by atoms with Gasteiger partial charge < -0.3 is 67.5 Å². The van der Waals surface area contributed by atoms with Crippen LogP contribution in [-0.4, -0.2) is 52.7 Å². The summed E-state index contributed by atoms with van der Waals surface area (Å²) in [6.45, 7) is 4.07. The third-order valence-electron chi connectivity index (χ3n) is 5.83. The fourth-order valence-electron chi connectivity index (χ4n) is 3.89. The fourth-order valence-corrected chi connectivity index (χ4v) is 3.89. The maximum Gasteiger partial charge on any atom is 1.00 e. The second-order valence-corrected chi connectivity index (χ2v) is 8.98. The standard InChI is InChI=1S/C11H13N3.2C8H10N4.CH3.3ClH.Os/c1-8-6-9(2)13-10(7-8)11-12-4-5-14(11)3;2*1-11-5-3-9-7(11)8-10-4-6-12(8)2;;;;;/h4-7H,1-3H3;2*3-6H,1-2H3;1H3;3*1H;/q;;;-1;;;;+1/p-3. The largest absolute Gasteiger partial charge is 1.00 e. The maximum atomic E-state index is 4.45. The van der Waals surface area contributed by atoms with E-state index in [0.717, 1.165) is 40.5 Å². The first kappa shape index (κ1) is 41.8. The summed E-state index contributed by atoms with van der Waals surface area (Å²) in [7, 11) is 9.80. The van der Waals surface area contributed by atoms with Crippen molar-refractivity contribution in [1.82, 2.24) is 52.7 Å². The number of hydrogen-bond acceptors (Lipinski definition) is 6. The Labute approximate surface area is 285 Å². The minimum atomic E-state index is 0. The van der Waals surface area contributed by atoms with E-state index in [2.05, 4.69) is 49.0 Å². The molecule has 0 fully saturated rings. The Hall–Kier alpha value is -3.29. The first-order valence-corrected chi connectivity index (χ1v) is 12.1. The van der Waals surface area contributed by atoms with Gasteiger partial charge in [0.1, 0.15) is 5.69 Å². The molecular formula is C28H36Cl3N11Os-3. The van der Waals surface area contributed by atoms with Crippen LogP contribution in [0.4, 0.5) is 0 Å². The van der Waals surface area contributed by atoms with Crippen molar-refractivity contribution in [3.05, 3.63) is 92.8 Å². The molecule has 6 heterocycles. The van der Waals surface area contributed by atoms with Gasteiger partial charge in [-0.25, -0.2) is 29.9 Å². The van der Waals surface area contributed by atoms with Gasteiger partial charge >= 0.3 is 19.8 Å². The van der Waals surface area contributed by atoms with Crippen LogP contribution in [0.5, 0.6) is 0 Å². The third kappa shape index (κ3) is 10.4. The Morgan fingerprint density at radius 3 is 0.977 bits per heavy atom. The number of halogens is 3. The van der Waals surface area contributed by atoms with Gasteiger partial charge in [0.15, 0.2) is 29.1 Å². The molecule has 0 bridgehead atoms. The molecule has 6 rings (SSSR count). The molecule has 0 aromatic carbocycles. The number of nitrogens with zero attached hydrogens (tertiary/aromatic N) is 11. The molecule has 0 aliphatic carbocycles. The van der Waals surface area contributed by atoms with Gasteiger partial charge in [-0.3, -0.25) is 0 Å². The van der Waals surface area contributed by atoms with Crippen LogP contribution in [0.3, 0.4) is 0 Å². The number of pyridine rings is 1. The van der Waals surface area contributed by atoms with Crippen LogP contribution in [0.1, 0.15) is 11.3 Å². The van der Waals surface area contributed by atoms with Gasteiger partial charge in [0.2, 0.25) is 0 Å². The molecule has 0 aliphatic rings. The van der Waals surface area contributed by atoms with E-state index in [9.17, 15) is 0 Å². The number of aryl methyl sites for hydroxylation is 7. The summed E-state index contributed by atoms with van der Waals surface area (Å²) in [5, 5.41) is 0. The summed E-state index contributed by atoms with van der Waals surface area (Å²) < 4.78 is 9.76. The molecule has 0 saturated heterocycles. The van der Waals surface area contributed by atoms with Gasteiger partial charge in [-0.05, 0) is 31.5 Å². The molecule has 1 radical (unpaired) electrons. The van der Waals surface area contributed by atoms with Crippen molar-refractivity contribution in [2.24, 2.45) is 35.2 Å². The molecule has 0 spiro atoms. The minimum absolute atomic E-state index is 0. The molecule has 235 valence electrons. The van der Waals surface area contributed by atoms with Crippen LogP contribution in [0, 0.1) is 21.3 Å². The zero-order valence-corrected chi connectivity index (χ0v) is 30.1. The molecule has 43 heavy (non-hydrogen) atoms. The Bertz CT molecular complexity index is 1460. The number of hydrogen-bond donors (Lipinski definition) is 0. The molecule has 0 amide bonds. The van der Waals surface area contributed by atoms with E-state index in [0.29, 0.717) is 0 Å². The topological polar surface area (TPSA) is 102 Å². The van der Waals surface area contributed by atoms with Crippen molar-refractivity contribution < 1.29 is 57.0 Å². The Morgan fingerprint density at radius 1 is 0.465 bits per heavy atom. The first-order valence-electron chi connectivity index (χ1n) is 12.1. The quantitative estimate of drug-likeness (QED) is 0.166. The van der Waals surface area contributed by atoms with Crippen molar-refractivity contribution in [3.63, 3.8) is 0 Å². The van der Waals surface area contributed by atoms with Crippen LogP contribution in [-0.2, 0) is 55.0 Å². The summed E-state index contributed by atoms with van der Waals surface area (Å²) >= 11 is 0. The number of rotatable bonds is 3. The van der Waals surface area contributed by atoms with E-state index in [1.807, 2.05) is 96.0 Å². The van der Waals surface area contributed by atoms with Gasteiger partial charge in [0.05, 0.1) is 0 Å². The maximum absolute atomic E-state index is 4.45. The van der Waals surface area contributed by atoms with E-state index >= 15 is 0 Å². The first-order chi connectivity index (χ1) is 18.2. The smallest absolute Gasteiger partial charge is 1.00 e. The normalized spacial score (nSPS) is 9.28. The van der Waals surface area contributed by atoms with Crippen molar-refractivity contribution in [3.8, 4) is 34.8 Å². The Kier molecular flexibility index (Phi) is 18.6.